The van der Waals surface area contributed by atoms with Crippen molar-refractivity contribution in [3.05, 3.63) is 35.4 Å². The van der Waals surface area contributed by atoms with E-state index in [0.717, 1.165) is 25.5 Å². The minimum atomic E-state index is -2.74. The molecular formula is C13H17F2N. The summed E-state index contributed by atoms with van der Waals surface area (Å²) < 4.78 is 26.0. The molecule has 0 amide bonds. The highest BCUT2D eigenvalue weighted by molar-refractivity contribution is 5.28. The van der Waals surface area contributed by atoms with Crippen molar-refractivity contribution in [1.29, 1.82) is 0 Å². The Kier molecular flexibility index (Phi) is 2.98. The van der Waals surface area contributed by atoms with Crippen LogP contribution >= 0.6 is 0 Å². The van der Waals surface area contributed by atoms with E-state index in [4.69, 9.17) is 0 Å². The van der Waals surface area contributed by atoms with E-state index in [0.29, 0.717) is 12.0 Å². The Balaban J connectivity index is 2.14. The lowest BCUT2D eigenvalue weighted by molar-refractivity contribution is 0.0174. The molecule has 1 aliphatic heterocycles. The van der Waals surface area contributed by atoms with Crippen molar-refractivity contribution < 1.29 is 8.78 Å². The van der Waals surface area contributed by atoms with Gasteiger partial charge in [0.25, 0.3) is 5.92 Å². The van der Waals surface area contributed by atoms with Gasteiger partial charge < -0.3 is 5.32 Å². The molecule has 0 spiro atoms. The van der Waals surface area contributed by atoms with Gasteiger partial charge in [-0.1, -0.05) is 31.2 Å². The molecule has 1 aliphatic rings. The molecule has 1 fully saturated rings. The quantitative estimate of drug-likeness (QED) is 0.812. The standard InChI is InChI=1S/C13H17F2N/c1-9-7-12(16-8-9)10-3-5-11(6-4-10)13(2,14)15/h3-6,9,12,16H,7-8H2,1-2H3. The lowest BCUT2D eigenvalue weighted by Gasteiger charge is -2.14. The fourth-order valence-corrected chi connectivity index (χ4v) is 2.17. The van der Waals surface area contributed by atoms with Gasteiger partial charge >= 0.3 is 0 Å². The van der Waals surface area contributed by atoms with Crippen LogP contribution in [0.25, 0.3) is 0 Å². The first-order valence-electron chi connectivity index (χ1n) is 5.68. The van der Waals surface area contributed by atoms with Crippen LogP contribution in [0.4, 0.5) is 8.78 Å². The van der Waals surface area contributed by atoms with Crippen LogP contribution in [0.5, 0.6) is 0 Å². The summed E-state index contributed by atoms with van der Waals surface area (Å²) in [4.78, 5) is 0. The van der Waals surface area contributed by atoms with Crippen LogP contribution in [0.1, 0.15) is 37.4 Å². The zero-order chi connectivity index (χ0) is 11.8. The van der Waals surface area contributed by atoms with Gasteiger partial charge in [-0.25, -0.2) is 8.78 Å². The highest BCUT2D eigenvalue weighted by Crippen LogP contribution is 2.30. The summed E-state index contributed by atoms with van der Waals surface area (Å²) in [7, 11) is 0. The van der Waals surface area contributed by atoms with Gasteiger partial charge in [0.2, 0.25) is 0 Å². The SMILES string of the molecule is CC1CNC(c2ccc(C(C)(F)F)cc2)C1. The smallest absolute Gasteiger partial charge is 0.270 e. The number of hydrogen-bond acceptors (Lipinski definition) is 1. The van der Waals surface area contributed by atoms with Crippen molar-refractivity contribution in [3.63, 3.8) is 0 Å². The molecule has 1 nitrogen and oxygen atoms in total. The molecule has 1 N–H and O–H groups in total. The Morgan fingerprint density at radius 2 is 1.88 bits per heavy atom. The van der Waals surface area contributed by atoms with Crippen molar-refractivity contribution in [2.75, 3.05) is 6.54 Å². The maximum Gasteiger partial charge on any atom is 0.270 e. The van der Waals surface area contributed by atoms with Crippen molar-refractivity contribution in [2.24, 2.45) is 5.92 Å². The second-order valence-electron chi connectivity index (χ2n) is 4.81. The first-order valence-corrected chi connectivity index (χ1v) is 5.68. The molecule has 1 aromatic rings. The summed E-state index contributed by atoms with van der Waals surface area (Å²) in [5, 5.41) is 3.39. The van der Waals surface area contributed by atoms with E-state index < -0.39 is 5.92 Å². The normalized spacial score (nSPS) is 26.0. The Hall–Kier alpha value is -0.960. The average molecular weight is 225 g/mol. The fourth-order valence-electron chi connectivity index (χ4n) is 2.17. The molecule has 3 heteroatoms. The van der Waals surface area contributed by atoms with E-state index in [1.807, 2.05) is 12.1 Å². The number of halogens is 2. The number of benzene rings is 1. The summed E-state index contributed by atoms with van der Waals surface area (Å²) in [6, 6.07) is 7.00. The summed E-state index contributed by atoms with van der Waals surface area (Å²) >= 11 is 0. The number of nitrogens with one attached hydrogen (secondary N) is 1. The number of hydrogen-bond donors (Lipinski definition) is 1. The number of rotatable bonds is 2. The molecular weight excluding hydrogens is 208 g/mol. The van der Waals surface area contributed by atoms with E-state index >= 15 is 0 Å². The molecule has 0 aromatic heterocycles. The van der Waals surface area contributed by atoms with Gasteiger partial charge in [-0.15, -0.1) is 0 Å². The van der Waals surface area contributed by atoms with Gasteiger partial charge in [0.1, 0.15) is 0 Å². The summed E-state index contributed by atoms with van der Waals surface area (Å²) in [6.07, 6.45) is 1.09. The summed E-state index contributed by atoms with van der Waals surface area (Å²) in [6.45, 7) is 4.13. The first-order chi connectivity index (χ1) is 7.47. The van der Waals surface area contributed by atoms with Gasteiger partial charge in [0.05, 0.1) is 0 Å². The van der Waals surface area contributed by atoms with Gasteiger partial charge in [-0.3, -0.25) is 0 Å². The molecule has 88 valence electrons. The van der Waals surface area contributed by atoms with Crippen LogP contribution in [0, 0.1) is 5.92 Å². The Bertz CT molecular complexity index is 353. The molecule has 0 bridgehead atoms. The van der Waals surface area contributed by atoms with Gasteiger partial charge in [-0.05, 0) is 24.4 Å². The Morgan fingerprint density at radius 1 is 1.25 bits per heavy atom. The van der Waals surface area contributed by atoms with Crippen LogP contribution in [-0.2, 0) is 5.92 Å². The van der Waals surface area contributed by atoms with Crippen LogP contribution in [0.15, 0.2) is 24.3 Å². The zero-order valence-electron chi connectivity index (χ0n) is 9.63. The van der Waals surface area contributed by atoms with Crippen molar-refractivity contribution in [2.45, 2.75) is 32.2 Å². The molecule has 1 aromatic carbocycles. The monoisotopic (exact) mass is 225 g/mol. The minimum absolute atomic E-state index is 0.0855. The average Bonchev–Trinajstić information content (AvgIpc) is 2.64. The summed E-state index contributed by atoms with van der Waals surface area (Å²) in [5.41, 5.74) is 1.19. The Labute approximate surface area is 94.9 Å². The molecule has 2 atom stereocenters. The maximum atomic E-state index is 13.0. The van der Waals surface area contributed by atoms with Crippen LogP contribution in [0.2, 0.25) is 0 Å². The second-order valence-corrected chi connectivity index (χ2v) is 4.81. The zero-order valence-corrected chi connectivity index (χ0v) is 9.63. The first kappa shape index (κ1) is 11.5. The molecule has 1 saturated heterocycles. The van der Waals surface area contributed by atoms with Crippen LogP contribution < -0.4 is 5.32 Å². The Morgan fingerprint density at radius 3 is 2.31 bits per heavy atom. The maximum absolute atomic E-state index is 13.0. The molecule has 2 rings (SSSR count). The third-order valence-electron chi connectivity index (χ3n) is 3.17. The topological polar surface area (TPSA) is 12.0 Å². The molecule has 1 heterocycles. The fraction of sp³-hybridized carbons (Fsp3) is 0.538. The third kappa shape index (κ3) is 2.40. The van der Waals surface area contributed by atoms with Crippen molar-refractivity contribution in [3.8, 4) is 0 Å². The van der Waals surface area contributed by atoms with Gasteiger partial charge in [0.15, 0.2) is 0 Å². The third-order valence-corrected chi connectivity index (χ3v) is 3.17. The van der Waals surface area contributed by atoms with Crippen LogP contribution in [0.3, 0.4) is 0 Å². The second kappa shape index (κ2) is 4.13. The molecule has 0 radical (unpaired) electrons. The minimum Gasteiger partial charge on any atom is -0.310 e. The van der Waals surface area contributed by atoms with E-state index in [1.54, 1.807) is 0 Å². The van der Waals surface area contributed by atoms with Crippen molar-refractivity contribution >= 4 is 0 Å². The predicted molar refractivity (Wildman–Crippen MR) is 60.5 cm³/mol. The van der Waals surface area contributed by atoms with Crippen molar-refractivity contribution in [1.82, 2.24) is 5.32 Å². The lowest BCUT2D eigenvalue weighted by atomic mass is 9.99. The predicted octanol–water partition coefficient (Wildman–Crippen LogP) is 3.47. The summed E-state index contributed by atoms with van der Waals surface area (Å²) in [5.74, 6) is -2.08. The van der Waals surface area contributed by atoms with E-state index in [-0.39, 0.29) is 5.56 Å². The van der Waals surface area contributed by atoms with Gasteiger partial charge in [0, 0.05) is 18.5 Å². The lowest BCUT2D eigenvalue weighted by Crippen LogP contribution is -2.14. The van der Waals surface area contributed by atoms with Crippen LogP contribution in [-0.4, -0.2) is 6.54 Å². The molecule has 0 aliphatic carbocycles. The van der Waals surface area contributed by atoms with E-state index in [1.165, 1.54) is 12.1 Å². The van der Waals surface area contributed by atoms with Gasteiger partial charge in [-0.2, -0.15) is 0 Å². The molecule has 16 heavy (non-hydrogen) atoms. The molecule has 2 unspecified atom stereocenters. The largest absolute Gasteiger partial charge is 0.310 e. The van der Waals surface area contributed by atoms with E-state index in [9.17, 15) is 8.78 Å². The highest BCUT2D eigenvalue weighted by Gasteiger charge is 2.25. The molecule has 0 saturated carbocycles. The van der Waals surface area contributed by atoms with E-state index in [2.05, 4.69) is 12.2 Å². The highest BCUT2D eigenvalue weighted by atomic mass is 19.3. The number of alkyl halides is 2.